The molecule has 6 nitrogen and oxygen atoms in total. The summed E-state index contributed by atoms with van der Waals surface area (Å²) >= 11 is 0. The van der Waals surface area contributed by atoms with Gasteiger partial charge in [0.05, 0.1) is 17.1 Å². The minimum atomic E-state index is -0.585. The molecular formula is C13H17NO5. The van der Waals surface area contributed by atoms with Gasteiger partial charge in [0, 0.05) is 11.6 Å². The van der Waals surface area contributed by atoms with Crippen LogP contribution in [-0.2, 0) is 0 Å². The summed E-state index contributed by atoms with van der Waals surface area (Å²) in [7, 11) is 0. The Kier molecular flexibility index (Phi) is 4.86. The number of hydrogen-bond donors (Lipinski definition) is 0. The van der Waals surface area contributed by atoms with E-state index in [1.165, 1.54) is 12.1 Å². The second-order valence-corrected chi connectivity index (χ2v) is 4.58. The molecule has 6 heteroatoms. The van der Waals surface area contributed by atoms with Crippen LogP contribution in [0.15, 0.2) is 12.1 Å². The molecule has 1 rings (SSSR count). The molecule has 0 bridgehead atoms. The second-order valence-electron chi connectivity index (χ2n) is 4.58. The van der Waals surface area contributed by atoms with Crippen LogP contribution in [0.3, 0.4) is 0 Å². The van der Waals surface area contributed by atoms with Gasteiger partial charge in [-0.05, 0) is 33.8 Å². The lowest BCUT2D eigenvalue weighted by atomic mass is 10.2. The molecule has 0 amide bonds. The standard InChI is InChI=1S/C13H17NO5/c1-8(2)18-12-6-10(7-15)5-11(14(16)17)13(12)19-9(3)4/h5-9H,1-4H3. The molecule has 0 spiro atoms. The average Bonchev–Trinajstić information content (AvgIpc) is 2.29. The van der Waals surface area contributed by atoms with Crippen LogP contribution in [0.2, 0.25) is 0 Å². The van der Waals surface area contributed by atoms with Crippen LogP contribution in [0.1, 0.15) is 38.1 Å². The van der Waals surface area contributed by atoms with Gasteiger partial charge in [-0.25, -0.2) is 0 Å². The molecule has 0 atom stereocenters. The highest BCUT2D eigenvalue weighted by molar-refractivity contribution is 5.79. The van der Waals surface area contributed by atoms with Gasteiger partial charge < -0.3 is 9.47 Å². The second kappa shape index (κ2) is 6.17. The van der Waals surface area contributed by atoms with Gasteiger partial charge in [0.1, 0.15) is 6.29 Å². The molecule has 19 heavy (non-hydrogen) atoms. The average molecular weight is 267 g/mol. The number of nitro groups is 1. The van der Waals surface area contributed by atoms with E-state index in [9.17, 15) is 14.9 Å². The number of nitro benzene ring substituents is 1. The molecule has 0 aromatic heterocycles. The van der Waals surface area contributed by atoms with Gasteiger partial charge in [-0.2, -0.15) is 0 Å². The monoisotopic (exact) mass is 267 g/mol. The van der Waals surface area contributed by atoms with Gasteiger partial charge in [0.25, 0.3) is 0 Å². The first-order valence-corrected chi connectivity index (χ1v) is 5.96. The number of carbonyl (C=O) groups excluding carboxylic acids is 1. The highest BCUT2D eigenvalue weighted by Crippen LogP contribution is 2.39. The van der Waals surface area contributed by atoms with E-state index in [1.54, 1.807) is 27.7 Å². The van der Waals surface area contributed by atoms with Crippen molar-refractivity contribution < 1.29 is 19.2 Å². The molecule has 1 aromatic rings. The molecule has 0 aliphatic heterocycles. The summed E-state index contributed by atoms with van der Waals surface area (Å²) in [5, 5.41) is 11.1. The molecule has 0 saturated carbocycles. The van der Waals surface area contributed by atoms with Crippen molar-refractivity contribution in [1.29, 1.82) is 0 Å². The summed E-state index contributed by atoms with van der Waals surface area (Å²) in [5.41, 5.74) is -0.0904. The number of hydrogen-bond acceptors (Lipinski definition) is 5. The van der Waals surface area contributed by atoms with Crippen molar-refractivity contribution in [3.05, 3.63) is 27.8 Å². The fourth-order valence-electron chi connectivity index (χ4n) is 1.51. The Labute approximate surface area is 111 Å². The normalized spacial score (nSPS) is 10.6. The predicted octanol–water partition coefficient (Wildman–Crippen LogP) is 2.98. The molecular weight excluding hydrogens is 250 g/mol. The molecule has 0 fully saturated rings. The topological polar surface area (TPSA) is 78.7 Å². The minimum absolute atomic E-state index is 0.0549. The molecule has 0 aliphatic carbocycles. The van der Waals surface area contributed by atoms with Crippen LogP contribution >= 0.6 is 0 Å². The number of rotatable bonds is 6. The molecule has 0 N–H and O–H groups in total. The molecule has 0 unspecified atom stereocenters. The molecule has 0 radical (unpaired) electrons. The fourth-order valence-corrected chi connectivity index (χ4v) is 1.51. The number of carbonyl (C=O) groups is 1. The Morgan fingerprint density at radius 2 is 1.74 bits per heavy atom. The van der Waals surface area contributed by atoms with Gasteiger partial charge in [-0.1, -0.05) is 0 Å². The molecule has 104 valence electrons. The highest BCUT2D eigenvalue weighted by Gasteiger charge is 2.24. The minimum Gasteiger partial charge on any atom is -0.487 e. The highest BCUT2D eigenvalue weighted by atomic mass is 16.6. The van der Waals surface area contributed by atoms with Gasteiger partial charge in [0.15, 0.2) is 5.75 Å². The van der Waals surface area contributed by atoms with Crippen molar-refractivity contribution >= 4 is 12.0 Å². The maximum Gasteiger partial charge on any atom is 0.315 e. The fraction of sp³-hybridized carbons (Fsp3) is 0.462. The van der Waals surface area contributed by atoms with Gasteiger partial charge in [0.2, 0.25) is 5.75 Å². The first kappa shape index (κ1) is 14.9. The van der Waals surface area contributed by atoms with E-state index in [1.807, 2.05) is 0 Å². The van der Waals surface area contributed by atoms with E-state index >= 15 is 0 Å². The van der Waals surface area contributed by atoms with Crippen molar-refractivity contribution in [2.45, 2.75) is 39.9 Å². The third-order valence-corrected chi connectivity index (χ3v) is 2.11. The van der Waals surface area contributed by atoms with Crippen molar-refractivity contribution in [3.8, 4) is 11.5 Å². The third kappa shape index (κ3) is 3.94. The molecule has 1 aromatic carbocycles. The maximum atomic E-state index is 11.1. The lowest BCUT2D eigenvalue weighted by Gasteiger charge is -2.17. The first-order chi connectivity index (χ1) is 8.85. The number of ether oxygens (including phenoxy) is 2. The van der Waals surface area contributed by atoms with Crippen molar-refractivity contribution in [2.24, 2.45) is 0 Å². The van der Waals surface area contributed by atoms with Crippen LogP contribution in [0.5, 0.6) is 11.5 Å². The molecule has 0 heterocycles. The third-order valence-electron chi connectivity index (χ3n) is 2.11. The van der Waals surface area contributed by atoms with Crippen molar-refractivity contribution in [1.82, 2.24) is 0 Å². The van der Waals surface area contributed by atoms with E-state index in [-0.39, 0.29) is 35.0 Å². The van der Waals surface area contributed by atoms with E-state index in [0.717, 1.165) is 0 Å². The van der Waals surface area contributed by atoms with Crippen molar-refractivity contribution in [2.75, 3.05) is 0 Å². The SMILES string of the molecule is CC(C)Oc1cc(C=O)cc([N+](=O)[O-])c1OC(C)C. The smallest absolute Gasteiger partial charge is 0.315 e. The quantitative estimate of drug-likeness (QED) is 0.449. The lowest BCUT2D eigenvalue weighted by molar-refractivity contribution is -0.386. The van der Waals surface area contributed by atoms with Crippen LogP contribution in [-0.4, -0.2) is 23.4 Å². The zero-order chi connectivity index (χ0) is 14.6. The predicted molar refractivity (Wildman–Crippen MR) is 70.0 cm³/mol. The number of nitrogens with zero attached hydrogens (tertiary/aromatic N) is 1. The summed E-state index contributed by atoms with van der Waals surface area (Å²) in [6.07, 6.45) is 0.116. The first-order valence-electron chi connectivity index (χ1n) is 5.96. The van der Waals surface area contributed by atoms with E-state index in [4.69, 9.17) is 9.47 Å². The Balaban J connectivity index is 3.41. The summed E-state index contributed by atoms with van der Waals surface area (Å²) in [6.45, 7) is 7.10. The zero-order valence-electron chi connectivity index (χ0n) is 11.4. The zero-order valence-corrected chi connectivity index (χ0v) is 11.4. The van der Waals surface area contributed by atoms with Gasteiger partial charge in [-0.3, -0.25) is 14.9 Å². The van der Waals surface area contributed by atoms with E-state index in [2.05, 4.69) is 0 Å². The van der Waals surface area contributed by atoms with E-state index < -0.39 is 4.92 Å². The Morgan fingerprint density at radius 1 is 1.16 bits per heavy atom. The maximum absolute atomic E-state index is 11.1. The lowest BCUT2D eigenvalue weighted by Crippen LogP contribution is -2.12. The summed E-state index contributed by atoms with van der Waals surface area (Å²) in [4.78, 5) is 21.3. The Morgan fingerprint density at radius 3 is 2.16 bits per heavy atom. The van der Waals surface area contributed by atoms with Gasteiger partial charge >= 0.3 is 5.69 Å². The van der Waals surface area contributed by atoms with Crippen LogP contribution < -0.4 is 9.47 Å². The van der Waals surface area contributed by atoms with Crippen LogP contribution in [0.25, 0.3) is 0 Å². The Hall–Kier alpha value is -2.11. The summed E-state index contributed by atoms with van der Waals surface area (Å²) in [5.74, 6) is 0.263. The van der Waals surface area contributed by atoms with Crippen LogP contribution in [0.4, 0.5) is 5.69 Å². The molecule has 0 aliphatic rings. The molecule has 0 saturated heterocycles. The van der Waals surface area contributed by atoms with Gasteiger partial charge in [-0.15, -0.1) is 0 Å². The number of benzene rings is 1. The summed E-state index contributed by atoms with van der Waals surface area (Å²) < 4.78 is 10.9. The Bertz CT molecular complexity index is 482. The number of aldehydes is 1. The van der Waals surface area contributed by atoms with Crippen molar-refractivity contribution in [3.63, 3.8) is 0 Å². The van der Waals surface area contributed by atoms with E-state index in [0.29, 0.717) is 6.29 Å². The van der Waals surface area contributed by atoms with Crippen LogP contribution in [0, 0.1) is 10.1 Å². The largest absolute Gasteiger partial charge is 0.487 e. The summed E-state index contributed by atoms with van der Waals surface area (Å²) in [6, 6.07) is 2.62.